The number of aromatic hydroxyl groups is 2. The molecule has 1 aromatic carbocycles. The topological polar surface area (TPSA) is 182 Å². The van der Waals surface area contributed by atoms with Crippen molar-refractivity contribution in [1.82, 2.24) is 19.1 Å². The standard InChI is InChI=1S/C7H8N4O2.C7H6O4.H2O/c1-10-3-8-5-4(10)6(12)9-7(13)11(5)2;8-5-3-1-2-4(6(5)9)7(10)11;/h3H,1-2H3,(H,9,12,13);1-3,8-9H,(H,10,11);1H2. The number of aromatic amines is 1. The minimum absolute atomic E-state index is 0. The molecule has 0 aliphatic rings. The number of aromatic nitrogens is 4. The summed E-state index contributed by atoms with van der Waals surface area (Å²) in [7, 11) is 3.27. The van der Waals surface area contributed by atoms with Crippen molar-refractivity contribution in [2.45, 2.75) is 0 Å². The van der Waals surface area contributed by atoms with Crippen LogP contribution in [0.25, 0.3) is 11.2 Å². The van der Waals surface area contributed by atoms with Gasteiger partial charge < -0.3 is 25.4 Å². The fourth-order valence-electron chi connectivity index (χ4n) is 1.97. The van der Waals surface area contributed by atoms with Gasteiger partial charge in [-0.05, 0) is 12.1 Å². The normalized spacial score (nSPS) is 9.84. The van der Waals surface area contributed by atoms with Crippen LogP contribution in [0, 0.1) is 0 Å². The lowest BCUT2D eigenvalue weighted by molar-refractivity contribution is 0.0693. The second-order valence-electron chi connectivity index (χ2n) is 4.82. The van der Waals surface area contributed by atoms with E-state index in [9.17, 15) is 14.4 Å². The number of carboxylic acids is 1. The Hall–Kier alpha value is -3.60. The number of nitrogens with one attached hydrogen (secondary N) is 1. The second kappa shape index (κ2) is 7.31. The number of carbonyl (C=O) groups is 1. The highest BCUT2D eigenvalue weighted by Crippen LogP contribution is 2.27. The lowest BCUT2D eigenvalue weighted by atomic mass is 10.2. The Balaban J connectivity index is 0.000000244. The van der Waals surface area contributed by atoms with Crippen molar-refractivity contribution in [3.63, 3.8) is 0 Å². The quantitative estimate of drug-likeness (QED) is 0.402. The monoisotopic (exact) mass is 352 g/mol. The Morgan fingerprint density at radius 3 is 2.40 bits per heavy atom. The molecule has 0 bridgehead atoms. The van der Waals surface area contributed by atoms with Gasteiger partial charge in [-0.2, -0.15) is 0 Å². The van der Waals surface area contributed by atoms with E-state index in [0.29, 0.717) is 11.2 Å². The number of para-hydroxylation sites is 1. The zero-order chi connectivity index (χ0) is 18.0. The SMILES string of the molecule is Cn1cnc2c1c(=O)[nH]c(=O)n2C.O.O=C(O)c1cccc(O)c1O. The molecule has 3 rings (SSSR count). The van der Waals surface area contributed by atoms with Crippen LogP contribution in [0.4, 0.5) is 0 Å². The van der Waals surface area contributed by atoms with Gasteiger partial charge in [-0.1, -0.05) is 6.07 Å². The Morgan fingerprint density at radius 2 is 1.84 bits per heavy atom. The Bertz CT molecular complexity index is 1030. The Labute approximate surface area is 139 Å². The van der Waals surface area contributed by atoms with E-state index in [1.54, 1.807) is 18.7 Å². The maximum atomic E-state index is 11.3. The molecule has 11 nitrogen and oxygen atoms in total. The smallest absolute Gasteiger partial charge is 0.339 e. The highest BCUT2D eigenvalue weighted by atomic mass is 16.4. The van der Waals surface area contributed by atoms with Crippen LogP contribution >= 0.6 is 0 Å². The molecule has 0 radical (unpaired) electrons. The number of nitrogens with zero attached hydrogens (tertiary/aromatic N) is 3. The van der Waals surface area contributed by atoms with Crippen LogP contribution in [0.5, 0.6) is 11.5 Å². The number of imidazole rings is 1. The van der Waals surface area contributed by atoms with Crippen LogP contribution in [-0.4, -0.2) is 45.9 Å². The first-order valence-electron chi connectivity index (χ1n) is 6.58. The number of fused-ring (bicyclic) bond motifs is 1. The van der Waals surface area contributed by atoms with E-state index in [4.69, 9.17) is 15.3 Å². The van der Waals surface area contributed by atoms with Crippen LogP contribution in [-0.2, 0) is 14.1 Å². The maximum absolute atomic E-state index is 11.3. The molecule has 0 saturated carbocycles. The summed E-state index contributed by atoms with van der Waals surface area (Å²) in [6.07, 6.45) is 1.50. The van der Waals surface area contributed by atoms with Gasteiger partial charge in [-0.3, -0.25) is 14.3 Å². The predicted octanol–water partition coefficient (Wildman–Crippen LogP) is -1.07. The molecule has 0 amide bonds. The zero-order valence-electron chi connectivity index (χ0n) is 13.2. The summed E-state index contributed by atoms with van der Waals surface area (Å²) >= 11 is 0. The predicted molar refractivity (Wildman–Crippen MR) is 86.9 cm³/mol. The van der Waals surface area contributed by atoms with E-state index in [1.165, 1.54) is 29.1 Å². The number of hydrogen-bond donors (Lipinski definition) is 4. The molecule has 2 aromatic heterocycles. The van der Waals surface area contributed by atoms with E-state index in [2.05, 4.69) is 9.97 Å². The summed E-state index contributed by atoms with van der Waals surface area (Å²) in [6.45, 7) is 0. The van der Waals surface area contributed by atoms with Gasteiger partial charge in [-0.15, -0.1) is 0 Å². The average molecular weight is 352 g/mol. The van der Waals surface area contributed by atoms with Crippen LogP contribution in [0.15, 0.2) is 34.1 Å². The molecule has 0 atom stereocenters. The second-order valence-corrected chi connectivity index (χ2v) is 4.82. The van der Waals surface area contributed by atoms with Gasteiger partial charge >= 0.3 is 11.7 Å². The molecule has 0 aliphatic carbocycles. The summed E-state index contributed by atoms with van der Waals surface area (Å²) in [5, 5.41) is 26.2. The summed E-state index contributed by atoms with van der Waals surface area (Å²) in [4.78, 5) is 38.9. The number of rotatable bonds is 1. The molecule has 6 N–H and O–H groups in total. The number of phenols is 2. The molecule has 0 aliphatic heterocycles. The van der Waals surface area contributed by atoms with Gasteiger partial charge in [0.2, 0.25) is 0 Å². The molecule has 25 heavy (non-hydrogen) atoms. The van der Waals surface area contributed by atoms with E-state index in [-0.39, 0.29) is 11.0 Å². The van der Waals surface area contributed by atoms with Crippen molar-refractivity contribution in [3.05, 3.63) is 50.9 Å². The van der Waals surface area contributed by atoms with Crippen LogP contribution < -0.4 is 11.2 Å². The molecular formula is C14H16N4O7. The van der Waals surface area contributed by atoms with E-state index >= 15 is 0 Å². The number of hydrogen-bond acceptors (Lipinski definition) is 6. The number of aryl methyl sites for hydroxylation is 2. The van der Waals surface area contributed by atoms with Gasteiger partial charge in [0.05, 0.1) is 6.33 Å². The van der Waals surface area contributed by atoms with Crippen molar-refractivity contribution < 1.29 is 25.6 Å². The number of phenolic OH excluding ortho intramolecular Hbond substituents is 1. The van der Waals surface area contributed by atoms with Gasteiger partial charge in [0.1, 0.15) is 5.56 Å². The van der Waals surface area contributed by atoms with Crippen molar-refractivity contribution >= 4 is 17.1 Å². The number of carboxylic acid groups (broad SMARTS) is 1. The van der Waals surface area contributed by atoms with Crippen LogP contribution in [0.2, 0.25) is 0 Å². The molecule has 0 fully saturated rings. The summed E-state index contributed by atoms with van der Waals surface area (Å²) in [5.41, 5.74) is -0.349. The van der Waals surface area contributed by atoms with Crippen molar-refractivity contribution in [3.8, 4) is 11.5 Å². The molecule has 3 aromatic rings. The first-order chi connectivity index (χ1) is 11.2. The molecule has 11 heteroatoms. The molecule has 0 spiro atoms. The zero-order valence-corrected chi connectivity index (χ0v) is 13.2. The minimum Gasteiger partial charge on any atom is -0.504 e. The highest BCUT2D eigenvalue weighted by Gasteiger charge is 2.11. The lowest BCUT2D eigenvalue weighted by Gasteiger charge is -1.99. The van der Waals surface area contributed by atoms with E-state index in [1.807, 2.05) is 0 Å². The van der Waals surface area contributed by atoms with Gasteiger partial charge in [-0.25, -0.2) is 14.6 Å². The minimum atomic E-state index is -1.27. The molecule has 134 valence electrons. The van der Waals surface area contributed by atoms with Crippen LogP contribution in [0.1, 0.15) is 10.4 Å². The first-order valence-corrected chi connectivity index (χ1v) is 6.58. The highest BCUT2D eigenvalue weighted by molar-refractivity contribution is 5.91. The Kier molecular flexibility index (Phi) is 5.69. The number of H-pyrrole nitrogens is 1. The molecular weight excluding hydrogens is 336 g/mol. The summed E-state index contributed by atoms with van der Waals surface area (Å²) in [6, 6.07) is 3.76. The van der Waals surface area contributed by atoms with E-state index < -0.39 is 28.7 Å². The molecule has 0 unspecified atom stereocenters. The van der Waals surface area contributed by atoms with Crippen LogP contribution in [0.3, 0.4) is 0 Å². The number of aromatic carboxylic acids is 1. The first kappa shape index (κ1) is 19.4. The fourth-order valence-corrected chi connectivity index (χ4v) is 1.97. The lowest BCUT2D eigenvalue weighted by Crippen LogP contribution is -2.28. The molecule has 2 heterocycles. The van der Waals surface area contributed by atoms with Gasteiger partial charge in [0.25, 0.3) is 5.56 Å². The fraction of sp³-hybridized carbons (Fsp3) is 0.143. The third-order valence-corrected chi connectivity index (χ3v) is 3.22. The third kappa shape index (κ3) is 3.67. The molecule has 0 saturated heterocycles. The van der Waals surface area contributed by atoms with Gasteiger partial charge in [0, 0.05) is 14.1 Å². The van der Waals surface area contributed by atoms with E-state index in [0.717, 1.165) is 0 Å². The van der Waals surface area contributed by atoms with Crippen molar-refractivity contribution in [1.29, 1.82) is 0 Å². The third-order valence-electron chi connectivity index (χ3n) is 3.22. The number of benzene rings is 1. The largest absolute Gasteiger partial charge is 0.504 e. The maximum Gasteiger partial charge on any atom is 0.339 e. The van der Waals surface area contributed by atoms with Gasteiger partial charge in [0.15, 0.2) is 22.7 Å². The summed E-state index contributed by atoms with van der Waals surface area (Å²) in [5.74, 6) is -2.29. The summed E-state index contributed by atoms with van der Waals surface area (Å²) < 4.78 is 2.88. The van der Waals surface area contributed by atoms with Crippen molar-refractivity contribution in [2.24, 2.45) is 14.1 Å². The average Bonchev–Trinajstić information content (AvgIpc) is 2.90. The van der Waals surface area contributed by atoms with Crippen molar-refractivity contribution in [2.75, 3.05) is 0 Å². The Morgan fingerprint density at radius 1 is 1.20 bits per heavy atom.